The first-order chi connectivity index (χ1) is 11.6. The van der Waals surface area contributed by atoms with Crippen molar-refractivity contribution in [2.45, 2.75) is 6.42 Å². The highest BCUT2D eigenvalue weighted by molar-refractivity contribution is 9.10. The third kappa shape index (κ3) is 3.28. The monoisotopic (exact) mass is 389 g/mol. The van der Waals surface area contributed by atoms with Crippen molar-refractivity contribution >= 4 is 33.5 Å². The van der Waals surface area contributed by atoms with Gasteiger partial charge in [-0.15, -0.1) is 0 Å². The van der Waals surface area contributed by atoms with Gasteiger partial charge in [0, 0.05) is 12.2 Å². The van der Waals surface area contributed by atoms with E-state index >= 15 is 0 Å². The molecule has 0 aliphatic carbocycles. The summed E-state index contributed by atoms with van der Waals surface area (Å²) in [7, 11) is 1.33. The number of para-hydroxylation sites is 1. The lowest BCUT2D eigenvalue weighted by molar-refractivity contribution is -0.120. The second-order valence-electron chi connectivity index (χ2n) is 5.35. The molecule has 1 aliphatic heterocycles. The average molecular weight is 390 g/mol. The lowest BCUT2D eigenvalue weighted by atomic mass is 10.2. The van der Waals surface area contributed by atoms with Crippen LogP contribution in [0.3, 0.4) is 0 Å². The van der Waals surface area contributed by atoms with Crippen LogP contribution in [0, 0.1) is 0 Å². The Bertz CT molecular complexity index is 790. The number of fused-ring (bicyclic) bond motifs is 1. The summed E-state index contributed by atoms with van der Waals surface area (Å²) in [5.41, 5.74) is 2.54. The minimum absolute atomic E-state index is 0.0650. The third-order valence-corrected chi connectivity index (χ3v) is 4.51. The number of benzene rings is 2. The highest BCUT2D eigenvalue weighted by Crippen LogP contribution is 2.29. The molecule has 2 aromatic rings. The molecule has 0 aromatic heterocycles. The van der Waals surface area contributed by atoms with E-state index < -0.39 is 5.97 Å². The van der Waals surface area contributed by atoms with Gasteiger partial charge >= 0.3 is 5.97 Å². The topological polar surface area (TPSA) is 55.8 Å². The molecule has 0 unspecified atom stereocenters. The summed E-state index contributed by atoms with van der Waals surface area (Å²) >= 11 is 3.35. The van der Waals surface area contributed by atoms with E-state index in [1.807, 2.05) is 24.3 Å². The number of nitrogens with zero attached hydrogens (tertiary/aromatic N) is 1. The standard InChI is InChI=1S/C18H16BrNO4/c1-23-18(22)13-6-7-16(14(19)10-13)24-11-17(21)20-9-8-12-4-2-3-5-15(12)20/h2-7,10H,8-9,11H2,1H3. The number of hydrogen-bond donors (Lipinski definition) is 0. The summed E-state index contributed by atoms with van der Waals surface area (Å²) in [6.07, 6.45) is 0.861. The van der Waals surface area contributed by atoms with Gasteiger partial charge in [-0.25, -0.2) is 4.79 Å². The molecule has 0 bridgehead atoms. The van der Waals surface area contributed by atoms with E-state index in [0.29, 0.717) is 22.3 Å². The maximum atomic E-state index is 12.4. The van der Waals surface area contributed by atoms with Gasteiger partial charge in [-0.05, 0) is 52.2 Å². The molecule has 0 saturated carbocycles. The maximum absolute atomic E-state index is 12.4. The molecule has 3 rings (SSSR count). The Labute approximate surface area is 148 Å². The number of rotatable bonds is 4. The largest absolute Gasteiger partial charge is 0.483 e. The van der Waals surface area contributed by atoms with Crippen LogP contribution in [-0.4, -0.2) is 32.1 Å². The Hall–Kier alpha value is -2.34. The van der Waals surface area contributed by atoms with Crippen molar-refractivity contribution < 1.29 is 19.1 Å². The molecule has 0 spiro atoms. The van der Waals surface area contributed by atoms with Gasteiger partial charge in [0.1, 0.15) is 5.75 Å². The summed E-state index contributed by atoms with van der Waals surface area (Å²) in [6, 6.07) is 12.7. The second kappa shape index (κ2) is 7.05. The van der Waals surface area contributed by atoms with E-state index in [1.54, 1.807) is 23.1 Å². The van der Waals surface area contributed by atoms with Crippen LogP contribution in [0.4, 0.5) is 5.69 Å². The van der Waals surface area contributed by atoms with E-state index in [4.69, 9.17) is 4.74 Å². The van der Waals surface area contributed by atoms with Crippen LogP contribution in [0.5, 0.6) is 5.75 Å². The predicted molar refractivity (Wildman–Crippen MR) is 93.5 cm³/mol. The fourth-order valence-electron chi connectivity index (χ4n) is 2.68. The summed E-state index contributed by atoms with van der Waals surface area (Å²) in [4.78, 5) is 25.7. The van der Waals surface area contributed by atoms with Crippen molar-refractivity contribution in [1.29, 1.82) is 0 Å². The molecule has 6 heteroatoms. The van der Waals surface area contributed by atoms with Crippen molar-refractivity contribution in [2.24, 2.45) is 0 Å². The van der Waals surface area contributed by atoms with Gasteiger partial charge < -0.3 is 14.4 Å². The number of anilines is 1. The maximum Gasteiger partial charge on any atom is 0.337 e. The van der Waals surface area contributed by atoms with E-state index in [1.165, 1.54) is 12.7 Å². The summed E-state index contributed by atoms with van der Waals surface area (Å²) in [5.74, 6) is -0.0145. The van der Waals surface area contributed by atoms with Crippen LogP contribution >= 0.6 is 15.9 Å². The Morgan fingerprint density at radius 3 is 2.75 bits per heavy atom. The SMILES string of the molecule is COC(=O)c1ccc(OCC(=O)N2CCc3ccccc32)c(Br)c1. The minimum Gasteiger partial charge on any atom is -0.483 e. The van der Waals surface area contributed by atoms with Gasteiger partial charge in [0.2, 0.25) is 0 Å². The van der Waals surface area contributed by atoms with Crippen LogP contribution in [0.2, 0.25) is 0 Å². The van der Waals surface area contributed by atoms with Gasteiger partial charge in [-0.3, -0.25) is 4.79 Å². The zero-order valence-electron chi connectivity index (χ0n) is 13.1. The number of amides is 1. The minimum atomic E-state index is -0.424. The average Bonchev–Trinajstić information content (AvgIpc) is 3.03. The Balaban J connectivity index is 1.66. The molecule has 1 heterocycles. The van der Waals surface area contributed by atoms with Gasteiger partial charge in [0.15, 0.2) is 6.61 Å². The van der Waals surface area contributed by atoms with Crippen LogP contribution in [0.15, 0.2) is 46.9 Å². The van der Waals surface area contributed by atoms with Crippen molar-refractivity contribution in [3.05, 3.63) is 58.1 Å². The number of carbonyl (C=O) groups is 2. The summed E-state index contributed by atoms with van der Waals surface area (Å²) in [5, 5.41) is 0. The van der Waals surface area contributed by atoms with Gasteiger partial charge in [-0.2, -0.15) is 0 Å². The van der Waals surface area contributed by atoms with Crippen LogP contribution in [0.1, 0.15) is 15.9 Å². The Morgan fingerprint density at radius 1 is 1.21 bits per heavy atom. The van der Waals surface area contributed by atoms with Gasteiger partial charge in [0.05, 0.1) is 17.1 Å². The highest BCUT2D eigenvalue weighted by Gasteiger charge is 2.24. The van der Waals surface area contributed by atoms with Crippen molar-refractivity contribution in [3.8, 4) is 5.75 Å². The molecule has 0 N–H and O–H groups in total. The number of hydrogen-bond acceptors (Lipinski definition) is 4. The lowest BCUT2D eigenvalue weighted by Crippen LogP contribution is -2.33. The number of methoxy groups -OCH3 is 1. The third-order valence-electron chi connectivity index (χ3n) is 3.89. The first kappa shape index (κ1) is 16.5. The Morgan fingerprint density at radius 2 is 2.00 bits per heavy atom. The fourth-order valence-corrected chi connectivity index (χ4v) is 3.17. The fraction of sp³-hybridized carbons (Fsp3) is 0.222. The van der Waals surface area contributed by atoms with Crippen LogP contribution in [0.25, 0.3) is 0 Å². The van der Waals surface area contributed by atoms with E-state index in [9.17, 15) is 9.59 Å². The lowest BCUT2D eigenvalue weighted by Gasteiger charge is -2.18. The van der Waals surface area contributed by atoms with Crippen molar-refractivity contribution in [2.75, 3.05) is 25.2 Å². The predicted octanol–water partition coefficient (Wildman–Crippen LogP) is 3.20. The quantitative estimate of drug-likeness (QED) is 0.753. The highest BCUT2D eigenvalue weighted by atomic mass is 79.9. The molecule has 24 heavy (non-hydrogen) atoms. The number of esters is 1. The zero-order valence-corrected chi connectivity index (χ0v) is 14.7. The summed E-state index contributed by atoms with van der Waals surface area (Å²) in [6.45, 7) is 0.606. The van der Waals surface area contributed by atoms with Crippen LogP contribution in [-0.2, 0) is 16.0 Å². The molecule has 1 amide bonds. The van der Waals surface area contributed by atoms with Gasteiger partial charge in [-0.1, -0.05) is 18.2 Å². The number of ether oxygens (including phenoxy) is 2. The first-order valence-electron chi connectivity index (χ1n) is 7.49. The second-order valence-corrected chi connectivity index (χ2v) is 6.20. The first-order valence-corrected chi connectivity index (χ1v) is 8.28. The Kier molecular flexibility index (Phi) is 4.85. The molecular weight excluding hydrogens is 374 g/mol. The van der Waals surface area contributed by atoms with E-state index in [0.717, 1.165) is 12.1 Å². The van der Waals surface area contributed by atoms with E-state index in [-0.39, 0.29) is 12.5 Å². The molecule has 124 valence electrons. The van der Waals surface area contributed by atoms with Crippen molar-refractivity contribution in [3.63, 3.8) is 0 Å². The number of halogens is 1. The molecular formula is C18H16BrNO4. The normalized spacial score (nSPS) is 12.7. The molecule has 1 aliphatic rings. The number of carbonyl (C=O) groups excluding carboxylic acids is 2. The van der Waals surface area contributed by atoms with Crippen molar-refractivity contribution in [1.82, 2.24) is 0 Å². The molecule has 5 nitrogen and oxygen atoms in total. The molecule has 0 fully saturated rings. The smallest absolute Gasteiger partial charge is 0.337 e. The zero-order chi connectivity index (χ0) is 17.1. The molecule has 0 atom stereocenters. The van der Waals surface area contributed by atoms with E-state index in [2.05, 4.69) is 20.7 Å². The summed E-state index contributed by atoms with van der Waals surface area (Å²) < 4.78 is 10.9. The van der Waals surface area contributed by atoms with Crippen LogP contribution < -0.4 is 9.64 Å². The molecule has 0 saturated heterocycles. The van der Waals surface area contributed by atoms with Gasteiger partial charge in [0.25, 0.3) is 5.91 Å². The molecule has 2 aromatic carbocycles. The molecule has 0 radical (unpaired) electrons.